The molecule has 0 aromatic heterocycles. The Labute approximate surface area is 179 Å². The molecule has 30 heavy (non-hydrogen) atoms. The fraction of sp³-hybridized carbons (Fsp3) is 0.682. The van der Waals surface area contributed by atoms with Crippen molar-refractivity contribution in [3.63, 3.8) is 0 Å². The van der Waals surface area contributed by atoms with E-state index in [4.69, 9.17) is 16.1 Å². The van der Waals surface area contributed by atoms with Gasteiger partial charge in [-0.3, -0.25) is 25.0 Å². The van der Waals surface area contributed by atoms with Crippen molar-refractivity contribution >= 4 is 17.6 Å². The number of likely N-dealkylation sites (tertiary alicyclic amines) is 2. The van der Waals surface area contributed by atoms with E-state index in [1.807, 2.05) is 0 Å². The average molecular weight is 414 g/mol. The van der Waals surface area contributed by atoms with Crippen molar-refractivity contribution in [1.82, 2.24) is 20.0 Å². The van der Waals surface area contributed by atoms with Gasteiger partial charge in [-0.1, -0.05) is 18.2 Å². The molecule has 0 aromatic carbocycles. The number of nitrogens with zero attached hydrogens (tertiary/aromatic N) is 4. The molecular weight excluding hydrogens is 378 g/mol. The molecular formula is C22H35N7O. The van der Waals surface area contributed by atoms with E-state index in [9.17, 15) is 4.79 Å². The fourth-order valence-corrected chi connectivity index (χ4v) is 4.76. The number of amidine groups is 2. The Kier molecular flexibility index (Phi) is 6.53. The third-order valence-electron chi connectivity index (χ3n) is 6.55. The van der Waals surface area contributed by atoms with Gasteiger partial charge in [0.1, 0.15) is 23.9 Å². The number of nitrogens with two attached hydrogens (primary N) is 1. The van der Waals surface area contributed by atoms with Crippen LogP contribution in [0.15, 0.2) is 28.8 Å². The molecule has 4 N–H and O–H groups in total. The smallest absolute Gasteiger partial charge is 0.240 e. The van der Waals surface area contributed by atoms with E-state index in [0.717, 1.165) is 38.4 Å². The first-order chi connectivity index (χ1) is 14.5. The zero-order valence-corrected chi connectivity index (χ0v) is 18.0. The average Bonchev–Trinajstić information content (AvgIpc) is 3.15. The van der Waals surface area contributed by atoms with Crippen molar-refractivity contribution in [3.05, 3.63) is 23.8 Å². The lowest BCUT2D eigenvalue weighted by Crippen LogP contribution is -2.63. The number of carbonyl (C=O) groups excluding carboxylic acids is 1. The molecule has 0 spiro atoms. The first-order valence-corrected chi connectivity index (χ1v) is 11.3. The van der Waals surface area contributed by atoms with E-state index in [1.54, 1.807) is 0 Å². The Morgan fingerprint density at radius 2 is 2.07 bits per heavy atom. The summed E-state index contributed by atoms with van der Waals surface area (Å²) in [5, 5.41) is 10.9. The monoisotopic (exact) mass is 413 g/mol. The lowest BCUT2D eigenvalue weighted by molar-refractivity contribution is -0.122. The van der Waals surface area contributed by atoms with Gasteiger partial charge in [0.2, 0.25) is 5.91 Å². The highest BCUT2D eigenvalue weighted by Crippen LogP contribution is 2.22. The molecule has 164 valence electrons. The van der Waals surface area contributed by atoms with E-state index >= 15 is 0 Å². The van der Waals surface area contributed by atoms with Crippen molar-refractivity contribution in [2.24, 2.45) is 16.6 Å². The van der Waals surface area contributed by atoms with Gasteiger partial charge >= 0.3 is 0 Å². The zero-order chi connectivity index (χ0) is 21.1. The lowest BCUT2D eigenvalue weighted by Gasteiger charge is -2.40. The van der Waals surface area contributed by atoms with Gasteiger partial charge in [0.15, 0.2) is 0 Å². The van der Waals surface area contributed by atoms with E-state index < -0.39 is 6.04 Å². The summed E-state index contributed by atoms with van der Waals surface area (Å²) in [5.74, 6) is 0.899. The van der Waals surface area contributed by atoms with Crippen LogP contribution >= 0.6 is 0 Å². The zero-order valence-electron chi connectivity index (χ0n) is 18.0. The minimum atomic E-state index is -0.637. The van der Waals surface area contributed by atoms with E-state index in [1.165, 1.54) is 37.9 Å². The van der Waals surface area contributed by atoms with Crippen LogP contribution in [-0.2, 0) is 4.79 Å². The van der Waals surface area contributed by atoms with Gasteiger partial charge in [-0.2, -0.15) is 0 Å². The number of aliphatic imine (C=N–C) groups is 1. The van der Waals surface area contributed by atoms with Crippen LogP contribution in [0.4, 0.5) is 0 Å². The molecule has 1 aliphatic carbocycles. The molecule has 3 aliphatic heterocycles. The molecule has 0 aromatic rings. The Bertz CT molecular complexity index is 749. The second kappa shape index (κ2) is 9.31. The summed E-state index contributed by atoms with van der Waals surface area (Å²) in [6, 6.07) is -0.637. The fourth-order valence-electron chi connectivity index (χ4n) is 4.76. The minimum Gasteiger partial charge on any atom is -0.386 e. The SMILES string of the molecule is CC(N=C1C(C(=N)N)NC(=O)CN1CC1C=C(CN2CCCC2)C=CC1)N1CCC1. The second-order valence-corrected chi connectivity index (χ2v) is 8.97. The maximum atomic E-state index is 12.4. The molecule has 0 saturated carbocycles. The maximum Gasteiger partial charge on any atom is 0.240 e. The highest BCUT2D eigenvalue weighted by atomic mass is 16.2. The van der Waals surface area contributed by atoms with Gasteiger partial charge < -0.3 is 16.0 Å². The van der Waals surface area contributed by atoms with Crippen LogP contribution in [0.2, 0.25) is 0 Å². The number of piperazine rings is 1. The molecule has 8 nitrogen and oxygen atoms in total. The third-order valence-corrected chi connectivity index (χ3v) is 6.55. The van der Waals surface area contributed by atoms with Crippen molar-refractivity contribution in [1.29, 1.82) is 5.41 Å². The Hall–Kier alpha value is -2.19. The van der Waals surface area contributed by atoms with Crippen LogP contribution in [-0.4, -0.2) is 90.3 Å². The molecule has 4 rings (SSSR count). The van der Waals surface area contributed by atoms with E-state index in [-0.39, 0.29) is 24.5 Å². The number of allylic oxidation sites excluding steroid dienone is 1. The van der Waals surface area contributed by atoms with Crippen molar-refractivity contribution < 1.29 is 4.79 Å². The molecule has 4 aliphatic rings. The normalized spacial score (nSPS) is 30.2. The highest BCUT2D eigenvalue weighted by Gasteiger charge is 2.35. The summed E-state index contributed by atoms with van der Waals surface area (Å²) >= 11 is 0. The molecule has 1 amide bonds. The Balaban J connectivity index is 1.49. The van der Waals surface area contributed by atoms with Crippen LogP contribution in [0.5, 0.6) is 0 Å². The molecule has 3 atom stereocenters. The van der Waals surface area contributed by atoms with Crippen LogP contribution in [0.1, 0.15) is 32.6 Å². The largest absolute Gasteiger partial charge is 0.386 e. The summed E-state index contributed by atoms with van der Waals surface area (Å²) < 4.78 is 0. The molecule has 3 unspecified atom stereocenters. The summed E-state index contributed by atoms with van der Waals surface area (Å²) in [6.07, 6.45) is 11.6. The molecule has 0 bridgehead atoms. The molecule has 0 radical (unpaired) electrons. The van der Waals surface area contributed by atoms with Gasteiger partial charge in [-0.05, 0) is 57.2 Å². The highest BCUT2D eigenvalue weighted by molar-refractivity contribution is 6.12. The van der Waals surface area contributed by atoms with Crippen LogP contribution in [0, 0.1) is 11.3 Å². The molecule has 3 heterocycles. The second-order valence-electron chi connectivity index (χ2n) is 8.97. The third kappa shape index (κ3) is 4.92. The van der Waals surface area contributed by atoms with Crippen molar-refractivity contribution in [3.8, 4) is 0 Å². The van der Waals surface area contributed by atoms with Gasteiger partial charge in [-0.15, -0.1) is 0 Å². The number of amides is 1. The van der Waals surface area contributed by atoms with Gasteiger partial charge in [0.05, 0.1) is 6.54 Å². The minimum absolute atomic E-state index is 0.0284. The summed E-state index contributed by atoms with van der Waals surface area (Å²) in [7, 11) is 0. The maximum absolute atomic E-state index is 12.4. The lowest BCUT2D eigenvalue weighted by atomic mass is 9.94. The first kappa shape index (κ1) is 21.1. The van der Waals surface area contributed by atoms with Crippen LogP contribution in [0.25, 0.3) is 0 Å². The van der Waals surface area contributed by atoms with E-state index in [2.05, 4.69) is 45.2 Å². The Morgan fingerprint density at radius 1 is 1.30 bits per heavy atom. The number of rotatable bonds is 7. The van der Waals surface area contributed by atoms with Gasteiger partial charge in [-0.25, -0.2) is 0 Å². The van der Waals surface area contributed by atoms with Crippen molar-refractivity contribution in [2.75, 3.05) is 45.8 Å². The first-order valence-electron chi connectivity index (χ1n) is 11.3. The predicted molar refractivity (Wildman–Crippen MR) is 120 cm³/mol. The van der Waals surface area contributed by atoms with Crippen LogP contribution < -0.4 is 11.1 Å². The summed E-state index contributed by atoms with van der Waals surface area (Å²) in [5.41, 5.74) is 7.21. The number of carbonyl (C=O) groups is 1. The molecule has 3 saturated heterocycles. The standard InChI is InChI=1S/C22H35N7O/c1-16(28-10-5-11-28)25-22-20(21(23)24)26-19(30)15-29(22)14-18-7-4-6-17(12-18)13-27-8-2-3-9-27/h4,6,12,16,18,20H,2-3,5,7-11,13-15H2,1H3,(H3,23,24)(H,26,30). The topological polar surface area (TPSA) is 101 Å². The molecule has 3 fully saturated rings. The molecule has 8 heteroatoms. The van der Waals surface area contributed by atoms with E-state index in [0.29, 0.717) is 5.92 Å². The summed E-state index contributed by atoms with van der Waals surface area (Å²) in [6.45, 7) is 8.55. The Morgan fingerprint density at radius 3 is 2.73 bits per heavy atom. The quantitative estimate of drug-likeness (QED) is 0.423. The predicted octanol–water partition coefficient (Wildman–Crippen LogP) is 0.771. The number of hydrogen-bond donors (Lipinski definition) is 3. The summed E-state index contributed by atoms with van der Waals surface area (Å²) in [4.78, 5) is 24.1. The number of hydrogen-bond acceptors (Lipinski definition) is 5. The van der Waals surface area contributed by atoms with Gasteiger partial charge in [0, 0.05) is 26.2 Å². The van der Waals surface area contributed by atoms with Gasteiger partial charge in [0.25, 0.3) is 0 Å². The number of nitrogens with one attached hydrogen (secondary N) is 2. The van der Waals surface area contributed by atoms with Crippen molar-refractivity contribution in [2.45, 2.75) is 44.8 Å². The van der Waals surface area contributed by atoms with Crippen LogP contribution in [0.3, 0.4) is 0 Å².